The Kier molecular flexibility index (Phi) is 9.85. The van der Waals surface area contributed by atoms with E-state index in [-0.39, 0.29) is 35.5 Å². The molecule has 13 nitrogen and oxygen atoms in total. The van der Waals surface area contributed by atoms with E-state index in [1.807, 2.05) is 6.92 Å². The lowest BCUT2D eigenvalue weighted by molar-refractivity contribution is -0.140. The first-order chi connectivity index (χ1) is 21.6. The van der Waals surface area contributed by atoms with Gasteiger partial charge >= 0.3 is 12.0 Å². The van der Waals surface area contributed by atoms with Gasteiger partial charge in [0.05, 0.1) is 32.1 Å². The highest BCUT2D eigenvalue weighted by molar-refractivity contribution is 6.02. The van der Waals surface area contributed by atoms with Gasteiger partial charge in [0, 0.05) is 44.8 Å². The third-order valence-corrected chi connectivity index (χ3v) is 8.37. The number of fused-ring (bicyclic) bond motifs is 1. The number of amides is 3. The molecule has 5 rings (SSSR count). The third kappa shape index (κ3) is 7.18. The Bertz CT molecular complexity index is 1400. The molecule has 1 aromatic carbocycles. The van der Waals surface area contributed by atoms with Crippen LogP contribution in [0.15, 0.2) is 24.4 Å². The van der Waals surface area contributed by atoms with Gasteiger partial charge < -0.3 is 29.5 Å². The maximum absolute atomic E-state index is 14.9. The molecule has 2 aliphatic heterocycles. The van der Waals surface area contributed by atoms with E-state index in [9.17, 15) is 23.2 Å². The van der Waals surface area contributed by atoms with Crippen molar-refractivity contribution < 1.29 is 32.6 Å². The van der Waals surface area contributed by atoms with Crippen molar-refractivity contribution in [3.63, 3.8) is 0 Å². The first-order valence-electron chi connectivity index (χ1n) is 15.3. The zero-order valence-electron chi connectivity index (χ0n) is 25.9. The molecule has 45 heavy (non-hydrogen) atoms. The van der Waals surface area contributed by atoms with E-state index in [1.54, 1.807) is 28.1 Å². The minimum atomic E-state index is -3.57. The molecule has 2 N–H and O–H groups in total. The fourth-order valence-electron chi connectivity index (χ4n) is 5.76. The van der Waals surface area contributed by atoms with Crippen molar-refractivity contribution in [1.82, 2.24) is 25.3 Å². The standard InChI is InChI=1S/C30H40F2N8O5/c1-4-5-16-45-29(43)38-12-14-39(15-13-38)36-26(41)20-10-11-22(24(17-20)44-3)34-28-33-18-23-25(35-28)40(21-8-6-7-9-21)19-30(31,32)27(42)37(23)2/h10-11,17-18,21H,4-9,12-16,19H2,1-3H3,(H,36,41)(H,33,34,35). The maximum atomic E-state index is 14.9. The number of alkyl halides is 2. The summed E-state index contributed by atoms with van der Waals surface area (Å²) in [4.78, 5) is 50.8. The number of hydrogen-bond acceptors (Lipinski definition) is 10. The first kappa shape index (κ1) is 32.1. The smallest absolute Gasteiger partial charge is 0.409 e. The number of piperazine rings is 1. The monoisotopic (exact) mass is 630 g/mol. The summed E-state index contributed by atoms with van der Waals surface area (Å²) in [6.45, 7) is 3.43. The van der Waals surface area contributed by atoms with Gasteiger partial charge in [0.2, 0.25) is 5.95 Å². The number of carbonyl (C=O) groups excluding carboxylic acids is 3. The summed E-state index contributed by atoms with van der Waals surface area (Å²) in [6, 6.07) is 4.67. The number of hydrazine groups is 1. The van der Waals surface area contributed by atoms with E-state index < -0.39 is 18.4 Å². The SMILES string of the molecule is CCCCOC(=O)N1CCN(NC(=O)c2ccc(Nc3ncc4c(n3)N(C3CCCC3)CC(F)(F)C(=O)N4C)c(OC)c2)CC1. The number of benzene rings is 1. The number of aromatic nitrogens is 2. The Balaban J connectivity index is 1.27. The van der Waals surface area contributed by atoms with E-state index in [1.165, 1.54) is 25.3 Å². The van der Waals surface area contributed by atoms with Crippen molar-refractivity contribution in [2.45, 2.75) is 57.4 Å². The number of anilines is 4. The summed E-state index contributed by atoms with van der Waals surface area (Å²) in [5.74, 6) is -4.48. The largest absolute Gasteiger partial charge is 0.495 e. The van der Waals surface area contributed by atoms with Crippen LogP contribution in [0.3, 0.4) is 0 Å². The topological polar surface area (TPSA) is 132 Å². The third-order valence-electron chi connectivity index (χ3n) is 8.37. The number of unbranched alkanes of at least 4 members (excludes halogenated alkanes) is 1. The van der Waals surface area contributed by atoms with Crippen LogP contribution < -0.4 is 25.3 Å². The average Bonchev–Trinajstić information content (AvgIpc) is 3.56. The van der Waals surface area contributed by atoms with Gasteiger partial charge in [-0.2, -0.15) is 13.8 Å². The molecular formula is C30H40F2N8O5. The second-order valence-electron chi connectivity index (χ2n) is 11.5. The molecule has 244 valence electrons. The number of carbonyl (C=O) groups is 3. The lowest BCUT2D eigenvalue weighted by Crippen LogP contribution is -2.54. The minimum absolute atomic E-state index is 0.129. The van der Waals surface area contributed by atoms with Crippen LogP contribution >= 0.6 is 0 Å². The maximum Gasteiger partial charge on any atom is 0.409 e. The Morgan fingerprint density at radius 2 is 1.87 bits per heavy atom. The highest BCUT2D eigenvalue weighted by atomic mass is 19.3. The predicted molar refractivity (Wildman–Crippen MR) is 163 cm³/mol. The summed E-state index contributed by atoms with van der Waals surface area (Å²) >= 11 is 0. The molecule has 0 bridgehead atoms. The highest BCUT2D eigenvalue weighted by Gasteiger charge is 2.48. The van der Waals surface area contributed by atoms with Crippen LogP contribution in [0.25, 0.3) is 0 Å². The van der Waals surface area contributed by atoms with Gasteiger partial charge in [0.25, 0.3) is 11.8 Å². The lowest BCUT2D eigenvalue weighted by atomic mass is 10.1. The number of nitrogens with one attached hydrogen (secondary N) is 2. The zero-order chi connectivity index (χ0) is 32.1. The second kappa shape index (κ2) is 13.8. The average molecular weight is 631 g/mol. The molecule has 1 aliphatic carbocycles. The molecule has 0 atom stereocenters. The van der Waals surface area contributed by atoms with Crippen molar-refractivity contribution in [2.75, 3.05) is 68.6 Å². The number of ether oxygens (including phenoxy) is 2. The van der Waals surface area contributed by atoms with Crippen LogP contribution in [0.4, 0.5) is 36.7 Å². The molecule has 0 spiro atoms. The number of halogens is 2. The van der Waals surface area contributed by atoms with Crippen molar-refractivity contribution in [3.05, 3.63) is 30.0 Å². The molecule has 3 amide bonds. The molecule has 1 saturated heterocycles. The molecule has 2 aromatic rings. The van der Waals surface area contributed by atoms with Crippen LogP contribution in [0.5, 0.6) is 5.75 Å². The van der Waals surface area contributed by atoms with Crippen molar-refractivity contribution in [2.24, 2.45) is 0 Å². The van der Waals surface area contributed by atoms with Crippen molar-refractivity contribution in [3.8, 4) is 5.75 Å². The highest BCUT2D eigenvalue weighted by Crippen LogP contribution is 2.40. The van der Waals surface area contributed by atoms with Crippen molar-refractivity contribution >= 4 is 41.0 Å². The van der Waals surface area contributed by atoms with Gasteiger partial charge in [0.1, 0.15) is 11.4 Å². The van der Waals surface area contributed by atoms with Crippen molar-refractivity contribution in [1.29, 1.82) is 0 Å². The van der Waals surface area contributed by atoms with Gasteiger partial charge in [-0.1, -0.05) is 26.2 Å². The fraction of sp³-hybridized carbons (Fsp3) is 0.567. The van der Waals surface area contributed by atoms with Gasteiger partial charge in [0.15, 0.2) is 5.82 Å². The Labute approximate surface area is 260 Å². The summed E-state index contributed by atoms with van der Waals surface area (Å²) in [5, 5.41) is 4.83. The van der Waals surface area contributed by atoms with E-state index in [2.05, 4.69) is 20.7 Å². The predicted octanol–water partition coefficient (Wildman–Crippen LogP) is 3.79. The molecule has 15 heteroatoms. The molecule has 0 radical (unpaired) electrons. The number of nitrogens with zero attached hydrogens (tertiary/aromatic N) is 6. The zero-order valence-corrected chi connectivity index (χ0v) is 25.9. The quantitative estimate of drug-likeness (QED) is 0.395. The van der Waals surface area contributed by atoms with Gasteiger partial charge in [-0.25, -0.2) is 14.8 Å². The summed E-state index contributed by atoms with van der Waals surface area (Å²) in [5.41, 5.74) is 3.88. The summed E-state index contributed by atoms with van der Waals surface area (Å²) in [6.07, 6.45) is 6.10. The van der Waals surface area contributed by atoms with Gasteiger partial charge in [-0.15, -0.1) is 0 Å². The summed E-state index contributed by atoms with van der Waals surface area (Å²) < 4.78 is 40.6. The Morgan fingerprint density at radius 3 is 2.56 bits per heavy atom. The van der Waals surface area contributed by atoms with Crippen LogP contribution in [-0.2, 0) is 9.53 Å². The molecular weight excluding hydrogens is 590 g/mol. The minimum Gasteiger partial charge on any atom is -0.495 e. The van der Waals surface area contributed by atoms with Gasteiger partial charge in [-0.05, 0) is 37.5 Å². The number of rotatable bonds is 9. The van der Waals surface area contributed by atoms with Crippen LogP contribution in [-0.4, -0.2) is 103 Å². The normalized spacial score (nSPS) is 18.8. The fourth-order valence-corrected chi connectivity index (χ4v) is 5.76. The second-order valence-corrected chi connectivity index (χ2v) is 11.5. The Hall–Kier alpha value is -4.27. The van der Waals surface area contributed by atoms with E-state index in [0.29, 0.717) is 49.8 Å². The van der Waals surface area contributed by atoms with E-state index in [4.69, 9.17) is 9.47 Å². The molecule has 1 aromatic heterocycles. The van der Waals surface area contributed by atoms with E-state index in [0.717, 1.165) is 43.4 Å². The van der Waals surface area contributed by atoms with E-state index >= 15 is 0 Å². The Morgan fingerprint density at radius 1 is 1.13 bits per heavy atom. The lowest BCUT2D eigenvalue weighted by Gasteiger charge is -2.34. The first-order valence-corrected chi connectivity index (χ1v) is 15.3. The molecule has 0 unspecified atom stereocenters. The molecule has 3 aliphatic rings. The van der Waals surface area contributed by atoms with Crippen LogP contribution in [0.1, 0.15) is 55.8 Å². The van der Waals surface area contributed by atoms with Crippen LogP contribution in [0, 0.1) is 0 Å². The molecule has 2 fully saturated rings. The molecule has 1 saturated carbocycles. The number of methoxy groups -OCH3 is 1. The van der Waals surface area contributed by atoms with Crippen LogP contribution in [0.2, 0.25) is 0 Å². The molecule has 3 heterocycles. The summed E-state index contributed by atoms with van der Waals surface area (Å²) in [7, 11) is 2.77. The number of hydrogen-bond donors (Lipinski definition) is 2. The van der Waals surface area contributed by atoms with Gasteiger partial charge in [-0.3, -0.25) is 15.0 Å².